The van der Waals surface area contributed by atoms with E-state index < -0.39 is 0 Å². The minimum Gasteiger partial charge on any atom is -0.391 e. The van der Waals surface area contributed by atoms with Gasteiger partial charge in [-0.1, -0.05) is 19.8 Å². The number of hydrogen-bond acceptors (Lipinski definition) is 3. The number of aliphatic hydroxyl groups is 1. The predicted molar refractivity (Wildman–Crippen MR) is 66.8 cm³/mol. The number of carbonyl (C=O) groups excluding carboxylic acids is 1. The van der Waals surface area contributed by atoms with Crippen molar-refractivity contribution in [1.29, 1.82) is 0 Å². The van der Waals surface area contributed by atoms with Crippen LogP contribution in [0.5, 0.6) is 0 Å². The lowest BCUT2D eigenvalue weighted by Gasteiger charge is -2.35. The molecule has 0 aromatic heterocycles. The van der Waals surface area contributed by atoms with E-state index in [2.05, 4.69) is 0 Å². The molecule has 1 aliphatic rings. The molecule has 2 unspecified atom stereocenters. The van der Waals surface area contributed by atoms with Crippen LogP contribution in [0.1, 0.15) is 45.4 Å². The second-order valence-corrected chi connectivity index (χ2v) is 4.79. The van der Waals surface area contributed by atoms with Crippen molar-refractivity contribution in [3.05, 3.63) is 0 Å². The molecule has 2 atom stereocenters. The quantitative estimate of drug-likeness (QED) is 0.720. The summed E-state index contributed by atoms with van der Waals surface area (Å²) in [7, 11) is 1.79. The van der Waals surface area contributed by atoms with Crippen LogP contribution in [0, 0.1) is 0 Å². The lowest BCUT2D eigenvalue weighted by atomic mass is 9.91. The highest BCUT2D eigenvalue weighted by atomic mass is 16.5. The molecule has 0 aromatic carbocycles. The zero-order valence-electron chi connectivity index (χ0n) is 11.0. The van der Waals surface area contributed by atoms with E-state index in [4.69, 9.17) is 4.74 Å². The van der Waals surface area contributed by atoms with E-state index >= 15 is 0 Å². The van der Waals surface area contributed by atoms with Crippen LogP contribution in [0.25, 0.3) is 0 Å². The summed E-state index contributed by atoms with van der Waals surface area (Å²) in [6, 6.07) is 0.00225. The van der Waals surface area contributed by atoms with Crippen molar-refractivity contribution < 1.29 is 14.6 Å². The van der Waals surface area contributed by atoms with E-state index in [9.17, 15) is 9.90 Å². The number of likely N-dealkylation sites (N-methyl/N-ethyl adjacent to an activating group) is 1. The first-order valence-electron chi connectivity index (χ1n) is 6.68. The molecule has 1 amide bonds. The van der Waals surface area contributed by atoms with Gasteiger partial charge >= 0.3 is 0 Å². The zero-order chi connectivity index (χ0) is 12.7. The Morgan fingerprint density at radius 3 is 2.71 bits per heavy atom. The van der Waals surface area contributed by atoms with E-state index in [1.54, 1.807) is 11.9 Å². The first-order chi connectivity index (χ1) is 8.16. The van der Waals surface area contributed by atoms with Crippen LogP contribution in [-0.4, -0.2) is 48.3 Å². The van der Waals surface area contributed by atoms with E-state index in [0.717, 1.165) is 32.1 Å². The molecule has 4 nitrogen and oxygen atoms in total. The Labute approximate surface area is 104 Å². The fourth-order valence-electron chi connectivity index (χ4n) is 2.31. The minimum absolute atomic E-state index is 0.00225. The van der Waals surface area contributed by atoms with Crippen LogP contribution in [0.4, 0.5) is 0 Å². The Kier molecular flexibility index (Phi) is 6.52. The van der Waals surface area contributed by atoms with Crippen molar-refractivity contribution in [2.24, 2.45) is 0 Å². The normalized spacial score (nSPS) is 24.6. The van der Waals surface area contributed by atoms with E-state index in [-0.39, 0.29) is 18.1 Å². The zero-order valence-corrected chi connectivity index (χ0v) is 11.0. The van der Waals surface area contributed by atoms with Crippen LogP contribution < -0.4 is 0 Å². The van der Waals surface area contributed by atoms with Crippen LogP contribution in [-0.2, 0) is 9.53 Å². The summed E-state index contributed by atoms with van der Waals surface area (Å²) in [6.45, 7) is 3.25. The van der Waals surface area contributed by atoms with Crippen molar-refractivity contribution in [2.75, 3.05) is 20.3 Å². The number of nitrogens with zero attached hydrogens (tertiary/aromatic N) is 1. The van der Waals surface area contributed by atoms with E-state index in [1.165, 1.54) is 0 Å². The first kappa shape index (κ1) is 14.5. The maximum Gasteiger partial charge on any atom is 0.224 e. The number of aliphatic hydroxyl groups excluding tert-OH is 1. The smallest absolute Gasteiger partial charge is 0.224 e. The molecule has 0 aromatic rings. The van der Waals surface area contributed by atoms with Gasteiger partial charge in [0.05, 0.1) is 25.2 Å². The number of hydrogen-bond donors (Lipinski definition) is 1. The van der Waals surface area contributed by atoms with Gasteiger partial charge in [-0.15, -0.1) is 0 Å². The fraction of sp³-hybridized carbons (Fsp3) is 0.923. The Morgan fingerprint density at radius 1 is 1.35 bits per heavy atom. The molecule has 4 heteroatoms. The van der Waals surface area contributed by atoms with Crippen molar-refractivity contribution in [3.8, 4) is 0 Å². The summed E-state index contributed by atoms with van der Waals surface area (Å²) >= 11 is 0. The van der Waals surface area contributed by atoms with Gasteiger partial charge in [0.2, 0.25) is 5.91 Å². The molecule has 0 aliphatic heterocycles. The number of carbonyl (C=O) groups is 1. The van der Waals surface area contributed by atoms with Crippen LogP contribution >= 0.6 is 0 Å². The summed E-state index contributed by atoms with van der Waals surface area (Å²) in [5, 5.41) is 9.87. The molecule has 1 rings (SSSR count). The van der Waals surface area contributed by atoms with Gasteiger partial charge < -0.3 is 14.7 Å². The molecule has 1 N–H and O–H groups in total. The number of ether oxygens (including phenoxy) is 1. The molecule has 1 saturated carbocycles. The van der Waals surface area contributed by atoms with Gasteiger partial charge in [0, 0.05) is 13.7 Å². The molecule has 0 saturated heterocycles. The third kappa shape index (κ3) is 4.64. The monoisotopic (exact) mass is 243 g/mol. The maximum atomic E-state index is 11.9. The summed E-state index contributed by atoms with van der Waals surface area (Å²) in [5.74, 6) is 0.0760. The molecule has 0 heterocycles. The first-order valence-corrected chi connectivity index (χ1v) is 6.68. The Morgan fingerprint density at radius 2 is 2.06 bits per heavy atom. The molecule has 1 aliphatic carbocycles. The Bertz CT molecular complexity index is 233. The summed E-state index contributed by atoms with van der Waals surface area (Å²) in [6.07, 6.45) is 4.94. The second kappa shape index (κ2) is 7.67. The summed E-state index contributed by atoms with van der Waals surface area (Å²) in [5.41, 5.74) is 0. The average molecular weight is 243 g/mol. The molecular formula is C13H25NO3. The topological polar surface area (TPSA) is 49.8 Å². The average Bonchev–Trinajstić information content (AvgIpc) is 2.34. The molecule has 0 bridgehead atoms. The SMILES string of the molecule is CCCOCCC(=O)N(C)C1CCCCC1O. The standard InChI is InChI=1S/C13H25NO3/c1-3-9-17-10-8-13(16)14(2)11-6-4-5-7-12(11)15/h11-12,15H,3-10H2,1-2H3. The number of rotatable bonds is 6. The van der Waals surface area contributed by atoms with Gasteiger partial charge in [0.15, 0.2) is 0 Å². The van der Waals surface area contributed by atoms with Crippen molar-refractivity contribution >= 4 is 5.91 Å². The van der Waals surface area contributed by atoms with Gasteiger partial charge in [-0.3, -0.25) is 4.79 Å². The maximum absolute atomic E-state index is 11.9. The molecule has 0 radical (unpaired) electrons. The van der Waals surface area contributed by atoms with Gasteiger partial charge in [-0.05, 0) is 19.3 Å². The molecule has 1 fully saturated rings. The fourth-order valence-corrected chi connectivity index (χ4v) is 2.31. The van der Waals surface area contributed by atoms with Crippen LogP contribution in [0.2, 0.25) is 0 Å². The highest BCUT2D eigenvalue weighted by Gasteiger charge is 2.28. The third-order valence-electron chi connectivity index (χ3n) is 3.39. The van der Waals surface area contributed by atoms with Crippen molar-refractivity contribution in [1.82, 2.24) is 4.90 Å². The third-order valence-corrected chi connectivity index (χ3v) is 3.39. The van der Waals surface area contributed by atoms with Crippen molar-refractivity contribution in [3.63, 3.8) is 0 Å². The highest BCUT2D eigenvalue weighted by molar-refractivity contribution is 5.76. The van der Waals surface area contributed by atoms with Gasteiger partial charge in [-0.2, -0.15) is 0 Å². The highest BCUT2D eigenvalue weighted by Crippen LogP contribution is 2.22. The summed E-state index contributed by atoms with van der Waals surface area (Å²) in [4.78, 5) is 13.6. The summed E-state index contributed by atoms with van der Waals surface area (Å²) < 4.78 is 5.31. The minimum atomic E-state index is -0.353. The molecule has 0 spiro atoms. The Hall–Kier alpha value is -0.610. The molecule has 100 valence electrons. The van der Waals surface area contributed by atoms with Crippen molar-refractivity contribution in [2.45, 2.75) is 57.6 Å². The van der Waals surface area contributed by atoms with E-state index in [0.29, 0.717) is 19.6 Å². The van der Waals surface area contributed by atoms with E-state index in [1.807, 2.05) is 6.92 Å². The number of amides is 1. The van der Waals surface area contributed by atoms with Gasteiger partial charge in [-0.25, -0.2) is 0 Å². The molecular weight excluding hydrogens is 218 g/mol. The second-order valence-electron chi connectivity index (χ2n) is 4.79. The lowest BCUT2D eigenvalue weighted by Crippen LogP contribution is -2.46. The predicted octanol–water partition coefficient (Wildman–Crippen LogP) is 1.56. The molecule has 17 heavy (non-hydrogen) atoms. The Balaban J connectivity index is 2.29. The largest absolute Gasteiger partial charge is 0.391 e. The van der Waals surface area contributed by atoms with Crippen LogP contribution in [0.3, 0.4) is 0 Å². The lowest BCUT2D eigenvalue weighted by molar-refractivity contribution is -0.136. The van der Waals surface area contributed by atoms with Crippen LogP contribution in [0.15, 0.2) is 0 Å². The van der Waals surface area contributed by atoms with Gasteiger partial charge in [0.25, 0.3) is 0 Å². The van der Waals surface area contributed by atoms with Gasteiger partial charge in [0.1, 0.15) is 0 Å².